The third kappa shape index (κ3) is 3.59. The molecule has 32 heavy (non-hydrogen) atoms. The van der Waals surface area contributed by atoms with Gasteiger partial charge in [0, 0.05) is 53.2 Å². The van der Waals surface area contributed by atoms with E-state index in [2.05, 4.69) is 9.88 Å². The molecule has 0 bridgehead atoms. The summed E-state index contributed by atoms with van der Waals surface area (Å²) in [5.74, 6) is 1.57. The Hall–Kier alpha value is -2.77. The number of hydrogen-bond acceptors (Lipinski definition) is 6. The maximum absolute atomic E-state index is 12.7. The van der Waals surface area contributed by atoms with Gasteiger partial charge >= 0.3 is 5.97 Å². The van der Waals surface area contributed by atoms with Gasteiger partial charge in [-0.15, -0.1) is 0 Å². The quantitative estimate of drug-likeness (QED) is 0.571. The zero-order valence-corrected chi connectivity index (χ0v) is 19.2. The summed E-state index contributed by atoms with van der Waals surface area (Å²) in [5.41, 5.74) is 2.07. The van der Waals surface area contributed by atoms with E-state index in [1.807, 2.05) is 39.0 Å². The summed E-state index contributed by atoms with van der Waals surface area (Å²) in [7, 11) is 1.58. The molecule has 1 saturated heterocycles. The minimum Gasteiger partial charge on any atom is -0.480 e. The first-order chi connectivity index (χ1) is 15.2. The van der Waals surface area contributed by atoms with E-state index in [0.717, 1.165) is 40.9 Å². The van der Waals surface area contributed by atoms with E-state index in [-0.39, 0.29) is 6.10 Å². The van der Waals surface area contributed by atoms with Gasteiger partial charge in [-0.1, -0.05) is 11.6 Å². The van der Waals surface area contributed by atoms with Crippen LogP contribution < -0.4 is 9.64 Å². The van der Waals surface area contributed by atoms with Crippen molar-refractivity contribution in [3.63, 3.8) is 0 Å². The molecule has 2 aromatic heterocycles. The van der Waals surface area contributed by atoms with Gasteiger partial charge < -0.3 is 24.5 Å². The number of nitrogens with zero attached hydrogens (tertiary/aromatic N) is 2. The number of fused-ring (bicyclic) bond motifs is 2. The number of aromatic nitrogens is 2. The Morgan fingerprint density at radius 2 is 1.94 bits per heavy atom. The average Bonchev–Trinajstić information content (AvgIpc) is 3.11. The predicted octanol–water partition coefficient (Wildman–Crippen LogP) is 4.27. The lowest BCUT2D eigenvalue weighted by atomic mass is 10.0. The first kappa shape index (κ1) is 21.1. The molecule has 0 spiro atoms. The standard InChI is InChI=1S/C24H26ClN3O4/c1-24(2,3)32-23(30)15-9-26-19-8-18(25)13(7-14(15)19)12-5-6-20(27-22(12)31-4)28-10-16-17(11-28)21(16)29/h5-9,16-17,21,26,29H,10-11H2,1-4H3/t16-,17+,21?. The first-order valence-electron chi connectivity index (χ1n) is 10.7. The lowest BCUT2D eigenvalue weighted by Crippen LogP contribution is -2.26. The fourth-order valence-electron chi connectivity index (χ4n) is 4.50. The van der Waals surface area contributed by atoms with Crippen molar-refractivity contribution in [1.82, 2.24) is 9.97 Å². The Bertz CT molecular complexity index is 1200. The second kappa shape index (κ2) is 7.39. The van der Waals surface area contributed by atoms with Crippen LogP contribution in [0.5, 0.6) is 5.88 Å². The van der Waals surface area contributed by atoms with Crippen molar-refractivity contribution in [1.29, 1.82) is 0 Å². The molecular weight excluding hydrogens is 430 g/mol. The summed E-state index contributed by atoms with van der Waals surface area (Å²) in [5, 5.41) is 11.0. The van der Waals surface area contributed by atoms with Crippen LogP contribution in [0.15, 0.2) is 30.5 Å². The van der Waals surface area contributed by atoms with Crippen molar-refractivity contribution < 1.29 is 19.4 Å². The predicted molar refractivity (Wildman–Crippen MR) is 123 cm³/mol. The van der Waals surface area contributed by atoms with Crippen molar-refractivity contribution in [2.75, 3.05) is 25.1 Å². The second-order valence-electron chi connectivity index (χ2n) is 9.53. The number of aliphatic hydroxyl groups is 1. The molecule has 1 aliphatic heterocycles. The molecule has 7 nitrogen and oxygen atoms in total. The molecule has 1 unspecified atom stereocenters. The van der Waals surface area contributed by atoms with Crippen molar-refractivity contribution in [2.24, 2.45) is 11.8 Å². The molecule has 2 aliphatic rings. The summed E-state index contributed by atoms with van der Waals surface area (Å²) in [6.45, 7) is 7.12. The number of carbonyl (C=O) groups excluding carboxylic acids is 1. The number of rotatable bonds is 4. The number of esters is 1. The molecule has 3 atom stereocenters. The van der Waals surface area contributed by atoms with Crippen molar-refractivity contribution in [2.45, 2.75) is 32.5 Å². The van der Waals surface area contributed by atoms with E-state index in [9.17, 15) is 9.90 Å². The summed E-state index contributed by atoms with van der Waals surface area (Å²) < 4.78 is 11.2. The molecule has 3 heterocycles. The molecule has 8 heteroatoms. The molecule has 1 aliphatic carbocycles. The van der Waals surface area contributed by atoms with Gasteiger partial charge in [0.2, 0.25) is 5.88 Å². The van der Waals surface area contributed by atoms with Crippen LogP contribution in [0.25, 0.3) is 22.0 Å². The van der Waals surface area contributed by atoms with Crippen LogP contribution in [0.1, 0.15) is 31.1 Å². The Morgan fingerprint density at radius 1 is 1.22 bits per heavy atom. The molecule has 168 valence electrons. The van der Waals surface area contributed by atoms with Gasteiger partial charge in [0.15, 0.2) is 0 Å². The number of aliphatic hydroxyl groups excluding tert-OH is 1. The largest absolute Gasteiger partial charge is 0.480 e. The number of anilines is 1. The number of hydrogen-bond donors (Lipinski definition) is 2. The first-order valence-corrected chi connectivity index (χ1v) is 11.1. The van der Waals surface area contributed by atoms with E-state index < -0.39 is 11.6 Å². The van der Waals surface area contributed by atoms with Crippen molar-refractivity contribution in [3.8, 4) is 17.0 Å². The molecule has 1 aromatic carbocycles. The number of carbonyl (C=O) groups is 1. The third-order valence-electron chi connectivity index (χ3n) is 6.19. The van der Waals surface area contributed by atoms with Gasteiger partial charge in [-0.2, -0.15) is 4.98 Å². The van der Waals surface area contributed by atoms with Gasteiger partial charge in [-0.3, -0.25) is 0 Å². The maximum Gasteiger partial charge on any atom is 0.340 e. The number of methoxy groups -OCH3 is 1. The third-order valence-corrected chi connectivity index (χ3v) is 6.50. The SMILES string of the molecule is COc1nc(N2C[C@@H]3C(O)[C@@H]3C2)ccc1-c1cc2c(C(=O)OC(C)(C)C)c[nH]c2cc1Cl. The zero-order valence-electron chi connectivity index (χ0n) is 18.5. The van der Waals surface area contributed by atoms with Crippen LogP contribution in [0.3, 0.4) is 0 Å². The molecule has 0 radical (unpaired) electrons. The topological polar surface area (TPSA) is 87.7 Å². The molecule has 5 rings (SSSR count). The van der Waals surface area contributed by atoms with E-state index in [0.29, 0.717) is 28.3 Å². The van der Waals surface area contributed by atoms with Crippen LogP contribution in [-0.4, -0.2) is 52.9 Å². The highest BCUT2D eigenvalue weighted by Crippen LogP contribution is 2.47. The number of benzene rings is 1. The number of halogens is 1. The second-order valence-corrected chi connectivity index (χ2v) is 9.94. The monoisotopic (exact) mass is 455 g/mol. The highest BCUT2D eigenvalue weighted by Gasteiger charge is 2.55. The highest BCUT2D eigenvalue weighted by molar-refractivity contribution is 6.34. The normalized spacial score (nSPS) is 22.2. The van der Waals surface area contributed by atoms with Crippen molar-refractivity contribution >= 4 is 34.3 Å². The van der Waals surface area contributed by atoms with Gasteiger partial charge in [-0.25, -0.2) is 4.79 Å². The Kier molecular flexibility index (Phi) is 4.87. The van der Waals surface area contributed by atoms with Crippen molar-refractivity contribution in [3.05, 3.63) is 41.0 Å². The molecule has 2 fully saturated rings. The van der Waals surface area contributed by atoms with E-state index in [4.69, 9.17) is 26.1 Å². The summed E-state index contributed by atoms with van der Waals surface area (Å²) >= 11 is 6.61. The highest BCUT2D eigenvalue weighted by atomic mass is 35.5. The summed E-state index contributed by atoms with van der Waals surface area (Å²) in [4.78, 5) is 22.7. The van der Waals surface area contributed by atoms with Gasteiger partial charge in [-0.05, 0) is 45.0 Å². The van der Waals surface area contributed by atoms with Crippen LogP contribution in [0.4, 0.5) is 5.82 Å². The minimum atomic E-state index is -0.592. The molecular formula is C24H26ClN3O4. The summed E-state index contributed by atoms with van der Waals surface area (Å²) in [6.07, 6.45) is 1.48. The number of nitrogens with one attached hydrogen (secondary N) is 1. The number of ether oxygens (including phenoxy) is 2. The van der Waals surface area contributed by atoms with Crippen LogP contribution in [0.2, 0.25) is 5.02 Å². The molecule has 1 saturated carbocycles. The van der Waals surface area contributed by atoms with E-state index in [1.165, 1.54) is 0 Å². The molecule has 3 aromatic rings. The van der Waals surface area contributed by atoms with Crippen LogP contribution in [-0.2, 0) is 4.74 Å². The average molecular weight is 456 g/mol. The Labute approximate surface area is 191 Å². The Morgan fingerprint density at radius 3 is 2.59 bits per heavy atom. The molecule has 2 N–H and O–H groups in total. The minimum absolute atomic E-state index is 0.168. The summed E-state index contributed by atoms with van der Waals surface area (Å²) in [6, 6.07) is 7.55. The van der Waals surface area contributed by atoms with Crippen LogP contribution >= 0.6 is 11.6 Å². The van der Waals surface area contributed by atoms with Crippen LogP contribution in [0, 0.1) is 11.8 Å². The van der Waals surface area contributed by atoms with E-state index >= 15 is 0 Å². The Balaban J connectivity index is 1.51. The van der Waals surface area contributed by atoms with E-state index in [1.54, 1.807) is 19.4 Å². The number of H-pyrrole nitrogens is 1. The lowest BCUT2D eigenvalue weighted by molar-refractivity contribution is 0.00719. The number of aromatic amines is 1. The number of pyridine rings is 1. The zero-order chi connectivity index (χ0) is 22.8. The van der Waals surface area contributed by atoms with Gasteiger partial charge in [0.1, 0.15) is 11.4 Å². The van der Waals surface area contributed by atoms with Gasteiger partial charge in [0.05, 0.1) is 23.8 Å². The fourth-order valence-corrected chi connectivity index (χ4v) is 4.77. The number of piperidine rings is 1. The molecule has 0 amide bonds. The van der Waals surface area contributed by atoms with Gasteiger partial charge in [0.25, 0.3) is 0 Å². The maximum atomic E-state index is 12.7. The smallest absolute Gasteiger partial charge is 0.340 e. The fraction of sp³-hybridized carbons (Fsp3) is 0.417. The lowest BCUT2D eigenvalue weighted by Gasteiger charge is -2.21.